The van der Waals surface area contributed by atoms with Crippen LogP contribution in [0.1, 0.15) is 11.4 Å². The van der Waals surface area contributed by atoms with Crippen molar-refractivity contribution in [1.29, 1.82) is 0 Å². The van der Waals surface area contributed by atoms with Crippen molar-refractivity contribution in [2.75, 3.05) is 7.11 Å². The largest absolute Gasteiger partial charge is 0.496 e. The second-order valence-corrected chi connectivity index (χ2v) is 6.69. The van der Waals surface area contributed by atoms with Crippen molar-refractivity contribution in [2.45, 2.75) is 6.54 Å². The summed E-state index contributed by atoms with van der Waals surface area (Å²) in [4.78, 5) is 12.2. The number of benzene rings is 1. The fraction of sp³-hybridized carbons (Fsp3) is 0.100. The number of methoxy groups -OCH3 is 1. The number of nitrogens with zero attached hydrogens (tertiary/aromatic N) is 4. The van der Waals surface area contributed by atoms with Gasteiger partial charge in [0, 0.05) is 22.6 Å². The first kappa shape index (κ1) is 17.9. The normalized spacial score (nSPS) is 11.2. The Morgan fingerprint density at radius 1 is 1.21 bits per heavy atom. The minimum Gasteiger partial charge on any atom is -0.496 e. The zero-order valence-electron chi connectivity index (χ0n) is 15.1. The average Bonchev–Trinajstić information content (AvgIpc) is 3.40. The summed E-state index contributed by atoms with van der Waals surface area (Å²) in [5, 5.41) is 19.7. The van der Waals surface area contributed by atoms with Crippen LogP contribution in [0.3, 0.4) is 0 Å². The number of hydrogen-bond donors (Lipinski definition) is 1. The van der Waals surface area contributed by atoms with E-state index in [0.717, 1.165) is 16.8 Å². The topological polar surface area (TPSA) is 81.4 Å². The van der Waals surface area contributed by atoms with Crippen LogP contribution in [-0.2, 0) is 11.3 Å². The van der Waals surface area contributed by atoms with Gasteiger partial charge in [0.05, 0.1) is 19.3 Å². The minimum absolute atomic E-state index is 0.219. The Balaban J connectivity index is 1.47. The highest BCUT2D eigenvalue weighted by Crippen LogP contribution is 2.20. The molecule has 1 amide bonds. The molecule has 4 aromatic rings. The quantitative estimate of drug-likeness (QED) is 0.511. The maximum Gasteiger partial charge on any atom is 0.244 e. The van der Waals surface area contributed by atoms with Gasteiger partial charge in [-0.1, -0.05) is 18.2 Å². The van der Waals surface area contributed by atoms with Gasteiger partial charge in [-0.15, -0.1) is 10.2 Å². The van der Waals surface area contributed by atoms with Gasteiger partial charge in [-0.3, -0.25) is 4.79 Å². The van der Waals surface area contributed by atoms with E-state index in [9.17, 15) is 4.79 Å². The van der Waals surface area contributed by atoms with Crippen molar-refractivity contribution < 1.29 is 9.53 Å². The summed E-state index contributed by atoms with van der Waals surface area (Å²) in [5.41, 5.74) is 3.33. The number of carbonyl (C=O) groups is 1. The van der Waals surface area contributed by atoms with E-state index in [0.29, 0.717) is 17.2 Å². The summed E-state index contributed by atoms with van der Waals surface area (Å²) in [6, 6.07) is 13.3. The number of fused-ring (bicyclic) bond motifs is 1. The van der Waals surface area contributed by atoms with Gasteiger partial charge in [0.1, 0.15) is 5.75 Å². The van der Waals surface area contributed by atoms with Gasteiger partial charge in [-0.25, -0.2) is 0 Å². The van der Waals surface area contributed by atoms with Crippen molar-refractivity contribution in [2.24, 2.45) is 0 Å². The molecule has 0 saturated carbocycles. The number of hydrogen-bond acceptors (Lipinski definition) is 6. The molecule has 0 radical (unpaired) electrons. The number of thiophene rings is 1. The van der Waals surface area contributed by atoms with E-state index < -0.39 is 0 Å². The van der Waals surface area contributed by atoms with Crippen molar-refractivity contribution in [3.8, 4) is 17.0 Å². The number of rotatable bonds is 6. The zero-order valence-corrected chi connectivity index (χ0v) is 15.9. The Morgan fingerprint density at radius 2 is 2.11 bits per heavy atom. The van der Waals surface area contributed by atoms with E-state index in [-0.39, 0.29) is 12.5 Å². The highest BCUT2D eigenvalue weighted by molar-refractivity contribution is 7.08. The van der Waals surface area contributed by atoms with E-state index in [1.54, 1.807) is 29.0 Å². The molecule has 0 saturated heterocycles. The van der Waals surface area contributed by atoms with Crippen LogP contribution in [0.5, 0.6) is 5.75 Å². The van der Waals surface area contributed by atoms with Gasteiger partial charge in [0.15, 0.2) is 11.5 Å². The lowest BCUT2D eigenvalue weighted by Crippen LogP contribution is -2.22. The maximum atomic E-state index is 12.2. The Kier molecular flexibility index (Phi) is 5.11. The van der Waals surface area contributed by atoms with E-state index in [2.05, 4.69) is 20.6 Å². The summed E-state index contributed by atoms with van der Waals surface area (Å²) in [6.07, 6.45) is 3.17. The van der Waals surface area contributed by atoms with Gasteiger partial charge < -0.3 is 10.1 Å². The van der Waals surface area contributed by atoms with Gasteiger partial charge in [0.2, 0.25) is 5.91 Å². The highest BCUT2D eigenvalue weighted by atomic mass is 32.1. The van der Waals surface area contributed by atoms with E-state index in [1.807, 2.05) is 53.2 Å². The second kappa shape index (κ2) is 8.01. The third-order valence-electron chi connectivity index (χ3n) is 4.12. The van der Waals surface area contributed by atoms with Gasteiger partial charge >= 0.3 is 0 Å². The van der Waals surface area contributed by atoms with E-state index >= 15 is 0 Å². The number of nitrogens with one attached hydrogen (secondary N) is 1. The van der Waals surface area contributed by atoms with Crippen LogP contribution in [0.25, 0.3) is 23.0 Å². The molecule has 1 N–H and O–H groups in total. The van der Waals surface area contributed by atoms with Crippen LogP contribution in [0.4, 0.5) is 0 Å². The number of para-hydroxylation sites is 1. The average molecular weight is 391 g/mol. The molecule has 0 atom stereocenters. The lowest BCUT2D eigenvalue weighted by atomic mass is 10.2. The molecule has 0 aliphatic rings. The van der Waals surface area contributed by atoms with Crippen LogP contribution in [-0.4, -0.2) is 32.8 Å². The summed E-state index contributed by atoms with van der Waals surface area (Å²) >= 11 is 1.61. The van der Waals surface area contributed by atoms with Crippen LogP contribution in [0.15, 0.2) is 59.3 Å². The molecule has 8 heteroatoms. The summed E-state index contributed by atoms with van der Waals surface area (Å²) < 4.78 is 6.92. The Labute approximate surface area is 165 Å². The molecular formula is C20H17N5O2S. The standard InChI is InChI=1S/C20H17N5O2S/c1-27-17-5-3-2-4-14(17)6-9-20(26)21-12-19-23-22-18-8-7-16(24-25(18)19)15-10-11-28-13-15/h2-11,13H,12H2,1H3,(H,21,26)/b9-6+. The molecule has 0 bridgehead atoms. The predicted octanol–water partition coefficient (Wildman–Crippen LogP) is 3.19. The summed E-state index contributed by atoms with van der Waals surface area (Å²) in [7, 11) is 1.60. The Bertz CT molecular complexity index is 1130. The first-order valence-corrected chi connectivity index (χ1v) is 9.52. The molecule has 0 aliphatic carbocycles. The number of aromatic nitrogens is 4. The molecule has 0 unspecified atom stereocenters. The van der Waals surface area contributed by atoms with Crippen LogP contribution >= 0.6 is 11.3 Å². The van der Waals surface area contributed by atoms with Gasteiger partial charge in [0.25, 0.3) is 0 Å². The molecule has 3 aromatic heterocycles. The molecule has 0 spiro atoms. The lowest BCUT2D eigenvalue weighted by molar-refractivity contribution is -0.116. The maximum absolute atomic E-state index is 12.2. The molecule has 140 valence electrons. The zero-order chi connectivity index (χ0) is 19.3. The van der Waals surface area contributed by atoms with Crippen LogP contribution < -0.4 is 10.1 Å². The Hall–Kier alpha value is -3.52. The molecule has 3 heterocycles. The molecular weight excluding hydrogens is 374 g/mol. The molecule has 0 fully saturated rings. The van der Waals surface area contributed by atoms with Gasteiger partial charge in [-0.05, 0) is 35.7 Å². The smallest absolute Gasteiger partial charge is 0.244 e. The number of carbonyl (C=O) groups excluding carboxylic acids is 1. The second-order valence-electron chi connectivity index (χ2n) is 5.91. The SMILES string of the molecule is COc1ccccc1/C=C/C(=O)NCc1nnc2ccc(-c3ccsc3)nn12. The Morgan fingerprint density at radius 3 is 2.93 bits per heavy atom. The van der Waals surface area contributed by atoms with E-state index in [4.69, 9.17) is 4.74 Å². The highest BCUT2D eigenvalue weighted by Gasteiger charge is 2.10. The first-order chi connectivity index (χ1) is 13.7. The molecule has 7 nitrogen and oxygen atoms in total. The minimum atomic E-state index is -0.239. The van der Waals surface area contributed by atoms with Crippen molar-refractivity contribution in [3.05, 3.63) is 70.7 Å². The summed E-state index contributed by atoms with van der Waals surface area (Å²) in [5.74, 6) is 1.03. The monoisotopic (exact) mass is 391 g/mol. The first-order valence-electron chi connectivity index (χ1n) is 8.57. The number of ether oxygens (including phenoxy) is 1. The van der Waals surface area contributed by atoms with Crippen LogP contribution in [0, 0.1) is 0 Å². The fourth-order valence-corrected chi connectivity index (χ4v) is 3.35. The van der Waals surface area contributed by atoms with Crippen molar-refractivity contribution in [3.63, 3.8) is 0 Å². The summed E-state index contributed by atoms with van der Waals surface area (Å²) in [6.45, 7) is 0.219. The van der Waals surface area contributed by atoms with Crippen LogP contribution in [0.2, 0.25) is 0 Å². The third-order valence-corrected chi connectivity index (χ3v) is 4.80. The lowest BCUT2D eigenvalue weighted by Gasteiger charge is -2.04. The van der Waals surface area contributed by atoms with E-state index in [1.165, 1.54) is 6.08 Å². The molecule has 0 aliphatic heterocycles. The predicted molar refractivity (Wildman–Crippen MR) is 108 cm³/mol. The van der Waals surface area contributed by atoms with Gasteiger partial charge in [-0.2, -0.15) is 21.0 Å². The fourth-order valence-electron chi connectivity index (χ4n) is 2.70. The molecule has 28 heavy (non-hydrogen) atoms. The van der Waals surface area contributed by atoms with Crippen molar-refractivity contribution >= 4 is 29.0 Å². The molecule has 4 rings (SSSR count). The van der Waals surface area contributed by atoms with Crippen molar-refractivity contribution in [1.82, 2.24) is 25.1 Å². The third kappa shape index (κ3) is 3.77. The molecule has 1 aromatic carbocycles. The number of amides is 1.